The van der Waals surface area contributed by atoms with Crippen molar-refractivity contribution in [3.05, 3.63) is 52.3 Å². The Morgan fingerprint density at radius 2 is 2.06 bits per heavy atom. The first-order chi connectivity index (χ1) is 8.58. The van der Waals surface area contributed by atoms with Crippen LogP contribution in [0.1, 0.15) is 21.6 Å². The third-order valence-electron chi connectivity index (χ3n) is 2.66. The van der Waals surface area contributed by atoms with Crippen molar-refractivity contribution < 1.29 is 9.18 Å². The molecular weight excluding hydrogens is 251 g/mol. The lowest BCUT2D eigenvalue weighted by Gasteiger charge is -2.16. The lowest BCUT2D eigenvalue weighted by Crippen LogP contribution is -2.26. The number of nitrogens with zero attached hydrogens (tertiary/aromatic N) is 2. The van der Waals surface area contributed by atoms with E-state index in [1.807, 2.05) is 6.92 Å². The van der Waals surface area contributed by atoms with Crippen LogP contribution < -0.4 is 0 Å². The van der Waals surface area contributed by atoms with Gasteiger partial charge in [-0.15, -0.1) is 0 Å². The highest BCUT2D eigenvalue weighted by molar-refractivity contribution is 7.03. The zero-order chi connectivity index (χ0) is 13.1. The molecule has 0 aliphatic heterocycles. The van der Waals surface area contributed by atoms with Gasteiger partial charge in [-0.1, -0.05) is 12.1 Å². The first-order valence-electron chi connectivity index (χ1n) is 5.49. The maximum absolute atomic E-state index is 12.8. The van der Waals surface area contributed by atoms with E-state index in [1.54, 1.807) is 29.5 Å². The highest BCUT2D eigenvalue weighted by Crippen LogP contribution is 2.13. The smallest absolute Gasteiger partial charge is 0.256 e. The summed E-state index contributed by atoms with van der Waals surface area (Å²) in [7, 11) is 1.72. The second-order valence-corrected chi connectivity index (χ2v) is 4.73. The minimum absolute atomic E-state index is 0.0643. The molecule has 0 aliphatic carbocycles. The number of carbonyl (C=O) groups excluding carboxylic acids is 1. The zero-order valence-electron chi connectivity index (χ0n) is 10.2. The topological polar surface area (TPSA) is 33.2 Å². The second kappa shape index (κ2) is 5.27. The van der Waals surface area contributed by atoms with Gasteiger partial charge >= 0.3 is 0 Å². The normalized spacial score (nSPS) is 10.4. The van der Waals surface area contributed by atoms with Crippen molar-refractivity contribution in [1.82, 2.24) is 9.27 Å². The van der Waals surface area contributed by atoms with E-state index >= 15 is 0 Å². The molecule has 18 heavy (non-hydrogen) atoms. The molecular formula is C13H13FN2OS. The number of amides is 1. The van der Waals surface area contributed by atoms with Crippen LogP contribution >= 0.6 is 11.5 Å². The summed E-state index contributed by atoms with van der Waals surface area (Å²) < 4.78 is 16.9. The van der Waals surface area contributed by atoms with Gasteiger partial charge in [-0.25, -0.2) is 4.39 Å². The number of aryl methyl sites for hydroxylation is 1. The SMILES string of the molecule is Cc1nscc1C(=O)N(C)Cc1ccc(F)cc1. The molecule has 1 amide bonds. The van der Waals surface area contributed by atoms with Gasteiger partial charge in [-0.3, -0.25) is 4.79 Å². The summed E-state index contributed by atoms with van der Waals surface area (Å²) in [6, 6.07) is 6.14. The summed E-state index contributed by atoms with van der Waals surface area (Å²) in [6.07, 6.45) is 0. The van der Waals surface area contributed by atoms with Gasteiger partial charge < -0.3 is 4.90 Å². The molecule has 0 saturated heterocycles. The van der Waals surface area contributed by atoms with Crippen LogP contribution in [0.4, 0.5) is 4.39 Å². The molecule has 94 valence electrons. The van der Waals surface area contributed by atoms with Crippen molar-refractivity contribution in [1.29, 1.82) is 0 Å². The number of rotatable bonds is 3. The number of hydrogen-bond acceptors (Lipinski definition) is 3. The van der Waals surface area contributed by atoms with Gasteiger partial charge in [0, 0.05) is 19.0 Å². The molecule has 1 aromatic heterocycles. The fourth-order valence-corrected chi connectivity index (χ4v) is 2.32. The van der Waals surface area contributed by atoms with Crippen LogP contribution in [0.25, 0.3) is 0 Å². The lowest BCUT2D eigenvalue weighted by molar-refractivity contribution is 0.0784. The fourth-order valence-electron chi connectivity index (χ4n) is 1.64. The second-order valence-electron chi connectivity index (χ2n) is 4.10. The van der Waals surface area contributed by atoms with E-state index in [4.69, 9.17) is 0 Å². The van der Waals surface area contributed by atoms with E-state index in [9.17, 15) is 9.18 Å². The molecule has 1 aromatic carbocycles. The molecule has 0 unspecified atom stereocenters. The summed E-state index contributed by atoms with van der Waals surface area (Å²) in [5.74, 6) is -0.337. The molecule has 0 bridgehead atoms. The van der Waals surface area contributed by atoms with E-state index in [-0.39, 0.29) is 11.7 Å². The minimum Gasteiger partial charge on any atom is -0.337 e. The highest BCUT2D eigenvalue weighted by atomic mass is 32.1. The van der Waals surface area contributed by atoms with Gasteiger partial charge in [-0.05, 0) is 36.2 Å². The third-order valence-corrected chi connectivity index (χ3v) is 3.38. The van der Waals surface area contributed by atoms with Crippen molar-refractivity contribution in [3.8, 4) is 0 Å². The van der Waals surface area contributed by atoms with E-state index in [2.05, 4.69) is 4.37 Å². The molecule has 2 rings (SSSR count). The zero-order valence-corrected chi connectivity index (χ0v) is 11.0. The Kier molecular flexibility index (Phi) is 3.72. The molecule has 0 saturated carbocycles. The van der Waals surface area contributed by atoms with E-state index in [0.29, 0.717) is 12.1 Å². The number of halogens is 1. The molecule has 0 fully saturated rings. The molecule has 0 radical (unpaired) electrons. The highest BCUT2D eigenvalue weighted by Gasteiger charge is 2.15. The van der Waals surface area contributed by atoms with Gasteiger partial charge in [0.05, 0.1) is 11.3 Å². The van der Waals surface area contributed by atoms with Gasteiger partial charge in [0.2, 0.25) is 0 Å². The summed E-state index contributed by atoms with van der Waals surface area (Å²) in [4.78, 5) is 13.7. The molecule has 0 spiro atoms. The Balaban J connectivity index is 2.08. The van der Waals surface area contributed by atoms with Crippen LogP contribution in [0.2, 0.25) is 0 Å². The van der Waals surface area contributed by atoms with Crippen LogP contribution in [0.3, 0.4) is 0 Å². The lowest BCUT2D eigenvalue weighted by atomic mass is 10.2. The maximum Gasteiger partial charge on any atom is 0.256 e. The van der Waals surface area contributed by atoms with Gasteiger partial charge in [0.25, 0.3) is 5.91 Å². The molecule has 5 heteroatoms. The number of benzene rings is 1. The van der Waals surface area contributed by atoms with Crippen molar-refractivity contribution in [2.45, 2.75) is 13.5 Å². The van der Waals surface area contributed by atoms with Crippen LogP contribution in [-0.4, -0.2) is 22.2 Å². The van der Waals surface area contributed by atoms with Crippen LogP contribution in [-0.2, 0) is 6.54 Å². The quantitative estimate of drug-likeness (QED) is 0.854. The average molecular weight is 264 g/mol. The Morgan fingerprint density at radius 3 is 2.61 bits per heavy atom. The van der Waals surface area contributed by atoms with Gasteiger partial charge in [0.15, 0.2) is 0 Å². The van der Waals surface area contributed by atoms with Crippen LogP contribution in [0, 0.1) is 12.7 Å². The molecule has 0 aliphatic rings. The first-order valence-corrected chi connectivity index (χ1v) is 6.32. The Bertz CT molecular complexity index is 550. The Morgan fingerprint density at radius 1 is 1.39 bits per heavy atom. The summed E-state index contributed by atoms with van der Waals surface area (Å²) in [5.41, 5.74) is 2.27. The maximum atomic E-state index is 12.8. The predicted octanol–water partition coefficient (Wildman–Crippen LogP) is 2.86. The number of hydrogen-bond donors (Lipinski definition) is 0. The largest absolute Gasteiger partial charge is 0.337 e. The molecule has 1 heterocycles. The Hall–Kier alpha value is -1.75. The van der Waals surface area contributed by atoms with E-state index in [1.165, 1.54) is 23.7 Å². The number of aromatic nitrogens is 1. The minimum atomic E-state index is -0.273. The van der Waals surface area contributed by atoms with E-state index < -0.39 is 0 Å². The monoisotopic (exact) mass is 264 g/mol. The van der Waals surface area contributed by atoms with Crippen molar-refractivity contribution >= 4 is 17.4 Å². The van der Waals surface area contributed by atoms with Crippen molar-refractivity contribution in [3.63, 3.8) is 0 Å². The van der Waals surface area contributed by atoms with Crippen LogP contribution in [0.5, 0.6) is 0 Å². The summed E-state index contributed by atoms with van der Waals surface area (Å²) in [6.45, 7) is 2.27. The van der Waals surface area contributed by atoms with Crippen molar-refractivity contribution in [2.75, 3.05) is 7.05 Å². The third kappa shape index (κ3) is 2.73. The first kappa shape index (κ1) is 12.7. The predicted molar refractivity (Wildman–Crippen MR) is 69.0 cm³/mol. The number of carbonyl (C=O) groups is 1. The average Bonchev–Trinajstić information content (AvgIpc) is 2.77. The molecule has 0 atom stereocenters. The van der Waals surface area contributed by atoms with Crippen LogP contribution in [0.15, 0.2) is 29.6 Å². The Labute approximate surface area is 109 Å². The molecule has 2 aromatic rings. The standard InChI is InChI=1S/C13H13FN2OS/c1-9-12(8-18-15-9)13(17)16(2)7-10-3-5-11(14)6-4-10/h3-6,8H,7H2,1-2H3. The van der Waals surface area contributed by atoms with E-state index in [0.717, 1.165) is 11.3 Å². The summed E-state index contributed by atoms with van der Waals surface area (Å²) in [5, 5.41) is 1.75. The van der Waals surface area contributed by atoms with Gasteiger partial charge in [0.1, 0.15) is 5.82 Å². The molecule has 3 nitrogen and oxygen atoms in total. The molecule has 0 N–H and O–H groups in total. The summed E-state index contributed by atoms with van der Waals surface area (Å²) >= 11 is 1.27. The van der Waals surface area contributed by atoms with Crippen molar-refractivity contribution in [2.24, 2.45) is 0 Å². The van der Waals surface area contributed by atoms with Gasteiger partial charge in [-0.2, -0.15) is 4.37 Å². The fraction of sp³-hybridized carbons (Fsp3) is 0.231.